The number of aromatic nitrogens is 2. The van der Waals surface area contributed by atoms with Gasteiger partial charge in [0.2, 0.25) is 5.88 Å². The molecule has 8 heteroatoms. The molecule has 2 aromatic rings. The van der Waals surface area contributed by atoms with E-state index >= 15 is 0 Å². The van der Waals surface area contributed by atoms with Gasteiger partial charge in [-0.05, 0) is 31.0 Å². The van der Waals surface area contributed by atoms with Gasteiger partial charge in [0.05, 0.1) is 30.1 Å². The molecule has 1 heterocycles. The van der Waals surface area contributed by atoms with Crippen LogP contribution in [0.15, 0.2) is 30.6 Å². The van der Waals surface area contributed by atoms with Crippen molar-refractivity contribution >= 4 is 29.0 Å². The highest BCUT2D eigenvalue weighted by Gasteiger charge is 2.24. The van der Waals surface area contributed by atoms with E-state index in [-0.39, 0.29) is 5.92 Å². The molecule has 1 amide bonds. The molecule has 0 radical (unpaired) electrons. The average molecular weight is 405 g/mol. The smallest absolute Gasteiger partial charge is 0.254 e. The molecule has 28 heavy (non-hydrogen) atoms. The number of ether oxygens (including phenoxy) is 1. The van der Waals surface area contributed by atoms with Crippen molar-refractivity contribution < 1.29 is 14.6 Å². The fraction of sp³-hybridized carbons (Fsp3) is 0.450. The summed E-state index contributed by atoms with van der Waals surface area (Å²) in [4.78, 5) is 22.9. The number of rotatable bonds is 6. The van der Waals surface area contributed by atoms with Gasteiger partial charge in [0.25, 0.3) is 5.91 Å². The number of hydrogen-bond acceptors (Lipinski definition) is 6. The van der Waals surface area contributed by atoms with E-state index in [4.69, 9.17) is 16.3 Å². The Bertz CT molecular complexity index is 827. The summed E-state index contributed by atoms with van der Waals surface area (Å²) >= 11 is 6.25. The first kappa shape index (κ1) is 20.4. The van der Waals surface area contributed by atoms with Crippen molar-refractivity contribution in [1.82, 2.24) is 15.3 Å². The molecule has 1 aliphatic rings. The van der Waals surface area contributed by atoms with E-state index < -0.39 is 12.1 Å². The molecule has 1 saturated carbocycles. The zero-order valence-corrected chi connectivity index (χ0v) is 16.8. The van der Waals surface area contributed by atoms with Crippen LogP contribution in [0.5, 0.6) is 5.88 Å². The van der Waals surface area contributed by atoms with Crippen molar-refractivity contribution in [2.24, 2.45) is 5.92 Å². The number of amides is 1. The summed E-state index contributed by atoms with van der Waals surface area (Å²) in [6.45, 7) is 0. The van der Waals surface area contributed by atoms with Crippen LogP contribution in [0.4, 0.5) is 11.5 Å². The maximum atomic E-state index is 12.7. The minimum absolute atomic E-state index is 0.0920. The van der Waals surface area contributed by atoms with Crippen LogP contribution in [0.3, 0.4) is 0 Å². The fourth-order valence-electron chi connectivity index (χ4n) is 3.41. The Morgan fingerprint density at radius 3 is 2.79 bits per heavy atom. The Labute approximate surface area is 169 Å². The van der Waals surface area contributed by atoms with Crippen LogP contribution in [0.2, 0.25) is 5.02 Å². The number of methoxy groups -OCH3 is 1. The lowest BCUT2D eigenvalue weighted by molar-refractivity contribution is 0.0463. The second-order valence-corrected chi connectivity index (χ2v) is 7.37. The third-order valence-corrected chi connectivity index (χ3v) is 5.44. The normalized spacial score (nSPS) is 15.7. The highest BCUT2D eigenvalue weighted by atomic mass is 35.5. The first-order chi connectivity index (χ1) is 13.5. The van der Waals surface area contributed by atoms with Gasteiger partial charge in [0, 0.05) is 18.7 Å². The number of nitrogens with zero attached hydrogens (tertiary/aromatic N) is 3. The molecule has 0 bridgehead atoms. The van der Waals surface area contributed by atoms with Crippen molar-refractivity contribution in [3.05, 3.63) is 41.2 Å². The molecule has 0 aliphatic heterocycles. The van der Waals surface area contributed by atoms with Crippen molar-refractivity contribution in [1.29, 1.82) is 0 Å². The number of nitrogens with one attached hydrogen (secondary N) is 1. The maximum Gasteiger partial charge on any atom is 0.254 e. The number of aliphatic hydroxyl groups is 1. The number of hydrogen-bond donors (Lipinski definition) is 2. The van der Waals surface area contributed by atoms with Gasteiger partial charge in [0.15, 0.2) is 5.82 Å². The Kier molecular flexibility index (Phi) is 6.70. The van der Waals surface area contributed by atoms with E-state index in [1.165, 1.54) is 19.7 Å². The number of aliphatic hydroxyl groups excluding tert-OH is 1. The molecule has 1 aromatic heterocycles. The van der Waals surface area contributed by atoms with E-state index in [1.54, 1.807) is 29.3 Å². The minimum Gasteiger partial charge on any atom is -0.480 e. The molecule has 1 fully saturated rings. The SMILES string of the molecule is COc1cncc(N(C)c2ccc(Cl)c(C(=O)NC(O)C3CCCCC3)c2)n1. The zero-order valence-electron chi connectivity index (χ0n) is 16.1. The Morgan fingerprint density at radius 2 is 2.07 bits per heavy atom. The van der Waals surface area contributed by atoms with Gasteiger partial charge >= 0.3 is 0 Å². The largest absolute Gasteiger partial charge is 0.480 e. The van der Waals surface area contributed by atoms with Gasteiger partial charge in [-0.2, -0.15) is 4.98 Å². The lowest BCUT2D eigenvalue weighted by atomic mass is 9.88. The van der Waals surface area contributed by atoms with E-state index in [1.807, 2.05) is 7.05 Å². The molecule has 2 N–H and O–H groups in total. The standard InChI is InChI=1S/C20H25ClN4O3/c1-25(17-11-22-12-18(23-17)28-2)14-8-9-16(21)15(10-14)20(27)24-19(26)13-6-4-3-5-7-13/h8-13,19,26H,3-7H2,1-2H3,(H,24,27). The molecule has 0 spiro atoms. The Balaban J connectivity index is 1.77. The molecular formula is C20H25ClN4O3. The van der Waals surface area contributed by atoms with Crippen LogP contribution in [0.25, 0.3) is 0 Å². The van der Waals surface area contributed by atoms with E-state index in [9.17, 15) is 9.90 Å². The van der Waals surface area contributed by atoms with Crippen LogP contribution in [0.1, 0.15) is 42.5 Å². The van der Waals surface area contributed by atoms with E-state index in [0.717, 1.165) is 25.7 Å². The van der Waals surface area contributed by atoms with Gasteiger partial charge in [-0.15, -0.1) is 0 Å². The molecule has 1 atom stereocenters. The van der Waals surface area contributed by atoms with Gasteiger partial charge in [0.1, 0.15) is 6.23 Å². The monoisotopic (exact) mass is 404 g/mol. The molecule has 3 rings (SSSR count). The number of carbonyl (C=O) groups excluding carboxylic acids is 1. The maximum absolute atomic E-state index is 12.7. The molecule has 7 nitrogen and oxygen atoms in total. The van der Waals surface area contributed by atoms with Gasteiger partial charge in [-0.25, -0.2) is 0 Å². The van der Waals surface area contributed by atoms with Gasteiger partial charge in [-0.3, -0.25) is 9.78 Å². The van der Waals surface area contributed by atoms with Crippen molar-refractivity contribution in [3.8, 4) is 5.88 Å². The predicted molar refractivity (Wildman–Crippen MR) is 108 cm³/mol. The molecule has 1 unspecified atom stereocenters. The number of carbonyl (C=O) groups is 1. The lowest BCUT2D eigenvalue weighted by Crippen LogP contribution is -2.41. The summed E-state index contributed by atoms with van der Waals surface area (Å²) in [6.07, 6.45) is 7.45. The summed E-state index contributed by atoms with van der Waals surface area (Å²) < 4.78 is 5.11. The summed E-state index contributed by atoms with van der Waals surface area (Å²) in [7, 11) is 3.33. The molecule has 150 valence electrons. The number of benzene rings is 1. The van der Waals surface area contributed by atoms with Crippen LogP contribution < -0.4 is 15.0 Å². The summed E-state index contributed by atoms with van der Waals surface area (Å²) in [5.74, 6) is 0.659. The predicted octanol–water partition coefficient (Wildman–Crippen LogP) is 3.54. The van der Waals surface area contributed by atoms with Crippen LogP contribution in [-0.2, 0) is 0 Å². The second kappa shape index (κ2) is 9.21. The Morgan fingerprint density at radius 1 is 1.32 bits per heavy atom. The molecule has 0 saturated heterocycles. The minimum atomic E-state index is -0.866. The third-order valence-electron chi connectivity index (χ3n) is 5.11. The fourth-order valence-corrected chi connectivity index (χ4v) is 3.61. The van der Waals surface area contributed by atoms with Crippen molar-refractivity contribution in [3.63, 3.8) is 0 Å². The first-order valence-corrected chi connectivity index (χ1v) is 9.75. The summed E-state index contributed by atoms with van der Waals surface area (Å²) in [5, 5.41) is 13.4. The first-order valence-electron chi connectivity index (χ1n) is 9.38. The third kappa shape index (κ3) is 4.72. The number of halogens is 1. The molecular weight excluding hydrogens is 380 g/mol. The molecule has 1 aromatic carbocycles. The second-order valence-electron chi connectivity index (χ2n) is 6.96. The topological polar surface area (TPSA) is 87.6 Å². The average Bonchev–Trinajstić information content (AvgIpc) is 2.74. The van der Waals surface area contributed by atoms with E-state index in [0.29, 0.717) is 28.0 Å². The quantitative estimate of drug-likeness (QED) is 0.716. The van der Waals surface area contributed by atoms with Crippen LogP contribution >= 0.6 is 11.6 Å². The highest BCUT2D eigenvalue weighted by Crippen LogP contribution is 2.29. The zero-order chi connectivity index (χ0) is 20.1. The highest BCUT2D eigenvalue weighted by molar-refractivity contribution is 6.34. The van der Waals surface area contributed by atoms with Gasteiger partial charge < -0.3 is 20.1 Å². The lowest BCUT2D eigenvalue weighted by Gasteiger charge is -2.27. The van der Waals surface area contributed by atoms with Gasteiger partial charge in [-0.1, -0.05) is 30.9 Å². The van der Waals surface area contributed by atoms with Crippen LogP contribution in [0, 0.1) is 5.92 Å². The number of anilines is 2. The molecule has 1 aliphatic carbocycles. The summed E-state index contributed by atoms with van der Waals surface area (Å²) in [5.41, 5.74) is 1.01. The van der Waals surface area contributed by atoms with Crippen LogP contribution in [-0.4, -0.2) is 41.4 Å². The van der Waals surface area contributed by atoms with E-state index in [2.05, 4.69) is 15.3 Å². The Hall–Kier alpha value is -2.38. The van der Waals surface area contributed by atoms with Crippen molar-refractivity contribution in [2.45, 2.75) is 38.3 Å². The van der Waals surface area contributed by atoms with Crippen molar-refractivity contribution in [2.75, 3.05) is 19.1 Å². The summed E-state index contributed by atoms with van der Waals surface area (Å²) in [6, 6.07) is 5.12.